The first-order valence-corrected chi connectivity index (χ1v) is 8.92. The molecule has 2 bridgehead atoms. The molecule has 0 aromatic heterocycles. The molecule has 4 aliphatic carbocycles. The molecule has 6 heteroatoms. The first-order chi connectivity index (χ1) is 11.8. The Hall–Kier alpha value is -1.98. The molecule has 1 unspecified atom stereocenters. The van der Waals surface area contributed by atoms with Gasteiger partial charge in [-0.2, -0.15) is 0 Å². The van der Waals surface area contributed by atoms with Crippen molar-refractivity contribution in [3.8, 4) is 0 Å². The Kier molecular flexibility index (Phi) is 3.31. The Morgan fingerprint density at radius 1 is 1.28 bits per heavy atom. The molecule has 0 aromatic rings. The highest BCUT2D eigenvalue weighted by Crippen LogP contribution is 2.65. The zero-order chi connectivity index (χ0) is 18.0. The van der Waals surface area contributed by atoms with E-state index in [0.29, 0.717) is 19.3 Å². The van der Waals surface area contributed by atoms with Gasteiger partial charge < -0.3 is 9.47 Å². The quantitative estimate of drug-likeness (QED) is 0.531. The maximum absolute atomic E-state index is 13.7. The number of cyclic esters (lactones) is 1. The van der Waals surface area contributed by atoms with E-state index in [9.17, 15) is 19.2 Å². The lowest BCUT2D eigenvalue weighted by atomic mass is 9.41. The minimum Gasteiger partial charge on any atom is -0.464 e. The number of rotatable bonds is 1. The Morgan fingerprint density at radius 2 is 2.04 bits per heavy atom. The fourth-order valence-electron chi connectivity index (χ4n) is 5.63. The van der Waals surface area contributed by atoms with Crippen LogP contribution >= 0.6 is 0 Å². The van der Waals surface area contributed by atoms with E-state index in [2.05, 4.69) is 0 Å². The van der Waals surface area contributed by atoms with E-state index in [1.807, 2.05) is 6.08 Å². The monoisotopic (exact) mass is 346 g/mol. The number of Topliss-reactive ketones (excluding diaryl/α,β-unsaturated/α-hetero) is 2. The van der Waals surface area contributed by atoms with Gasteiger partial charge in [0.2, 0.25) is 0 Å². The number of ketones is 2. The molecule has 1 aliphatic heterocycles. The number of fused-ring (bicyclic) bond motifs is 1. The van der Waals surface area contributed by atoms with Gasteiger partial charge in [-0.15, -0.1) is 0 Å². The predicted octanol–water partition coefficient (Wildman–Crippen LogP) is 1.76. The van der Waals surface area contributed by atoms with Crippen molar-refractivity contribution in [3.63, 3.8) is 0 Å². The standard InChI is InChI=1S/C19H22O6/c1-11(20)25-17(2)12-6-8-19(16(17)23)13(9-12)15(22)24-10-18(19)7-4-3-5-14(18)21/h6,8,12-13H,3-5,7,9-10H2,1-2H3/t12-,13?,17+,18+,19-/m1/s1. The van der Waals surface area contributed by atoms with Crippen molar-refractivity contribution < 1.29 is 28.7 Å². The van der Waals surface area contributed by atoms with Crippen molar-refractivity contribution >= 4 is 23.5 Å². The molecule has 0 radical (unpaired) electrons. The Bertz CT molecular complexity index is 723. The van der Waals surface area contributed by atoms with Crippen LogP contribution in [-0.2, 0) is 28.7 Å². The van der Waals surface area contributed by atoms with Crippen LogP contribution in [0.15, 0.2) is 12.2 Å². The van der Waals surface area contributed by atoms with Crippen molar-refractivity contribution in [1.29, 1.82) is 0 Å². The summed E-state index contributed by atoms with van der Waals surface area (Å²) in [4.78, 5) is 50.8. The number of ether oxygens (including phenoxy) is 2. The average molecular weight is 346 g/mol. The van der Waals surface area contributed by atoms with Gasteiger partial charge in [-0.25, -0.2) is 0 Å². The summed E-state index contributed by atoms with van der Waals surface area (Å²) in [5.74, 6) is -2.33. The highest BCUT2D eigenvalue weighted by atomic mass is 16.6. The van der Waals surface area contributed by atoms with Crippen LogP contribution < -0.4 is 0 Å². The highest BCUT2D eigenvalue weighted by molar-refractivity contribution is 6.07. The van der Waals surface area contributed by atoms with E-state index in [0.717, 1.165) is 12.8 Å². The van der Waals surface area contributed by atoms with Crippen LogP contribution in [-0.4, -0.2) is 35.7 Å². The largest absolute Gasteiger partial charge is 0.464 e. The topological polar surface area (TPSA) is 86.7 Å². The van der Waals surface area contributed by atoms with Crippen molar-refractivity contribution in [1.82, 2.24) is 0 Å². The molecule has 5 rings (SSSR count). The number of esters is 2. The van der Waals surface area contributed by atoms with Crippen molar-refractivity contribution in [2.75, 3.05) is 6.61 Å². The van der Waals surface area contributed by atoms with Gasteiger partial charge in [0.25, 0.3) is 0 Å². The third kappa shape index (κ3) is 1.80. The van der Waals surface area contributed by atoms with Crippen LogP contribution in [0.3, 0.4) is 0 Å². The molecule has 25 heavy (non-hydrogen) atoms. The third-order valence-electron chi connectivity index (χ3n) is 6.85. The Balaban J connectivity index is 1.92. The van der Waals surface area contributed by atoms with Crippen molar-refractivity contribution in [2.45, 2.75) is 51.6 Å². The lowest BCUT2D eigenvalue weighted by Crippen LogP contribution is -2.73. The lowest BCUT2D eigenvalue weighted by Gasteiger charge is -2.62. The van der Waals surface area contributed by atoms with Gasteiger partial charge in [0.05, 0.1) is 16.7 Å². The molecule has 2 spiro atoms. The maximum atomic E-state index is 13.7. The summed E-state index contributed by atoms with van der Waals surface area (Å²) in [7, 11) is 0. The molecular formula is C19H22O6. The third-order valence-corrected chi connectivity index (χ3v) is 6.85. The number of carbonyl (C=O) groups is 4. The minimum atomic E-state index is -1.33. The van der Waals surface area contributed by atoms with E-state index < -0.39 is 34.3 Å². The van der Waals surface area contributed by atoms with Crippen LogP contribution in [0.25, 0.3) is 0 Å². The molecule has 0 N–H and O–H groups in total. The van der Waals surface area contributed by atoms with Gasteiger partial charge in [0, 0.05) is 19.3 Å². The molecule has 3 fully saturated rings. The van der Waals surface area contributed by atoms with E-state index in [1.165, 1.54) is 6.92 Å². The van der Waals surface area contributed by atoms with E-state index in [1.54, 1.807) is 13.0 Å². The summed E-state index contributed by atoms with van der Waals surface area (Å²) in [6.45, 7) is 2.83. The fourth-order valence-corrected chi connectivity index (χ4v) is 5.63. The summed E-state index contributed by atoms with van der Waals surface area (Å²) in [5, 5.41) is 0. The van der Waals surface area contributed by atoms with Crippen LogP contribution in [0.4, 0.5) is 0 Å². The molecule has 5 aliphatic rings. The van der Waals surface area contributed by atoms with Crippen molar-refractivity contribution in [2.24, 2.45) is 22.7 Å². The van der Waals surface area contributed by atoms with Crippen LogP contribution in [0.1, 0.15) is 46.0 Å². The van der Waals surface area contributed by atoms with Gasteiger partial charge in [-0.05, 0) is 26.2 Å². The number of carbonyl (C=O) groups excluding carboxylic acids is 4. The van der Waals surface area contributed by atoms with Gasteiger partial charge in [-0.1, -0.05) is 18.6 Å². The molecular weight excluding hydrogens is 324 g/mol. The molecule has 1 heterocycles. The highest BCUT2D eigenvalue weighted by Gasteiger charge is 2.75. The van der Waals surface area contributed by atoms with Gasteiger partial charge >= 0.3 is 11.9 Å². The Labute approximate surface area is 145 Å². The SMILES string of the molecule is CC(=O)O[C@]1(C)C(=O)[C@@]23C=C[C@@H]1CC2C(=O)OC[C@]31CCCCC1=O. The van der Waals surface area contributed by atoms with Gasteiger partial charge in [0.15, 0.2) is 11.4 Å². The summed E-state index contributed by atoms with van der Waals surface area (Å²) >= 11 is 0. The first kappa shape index (κ1) is 16.5. The molecule has 0 amide bonds. The second-order valence-electron chi connectivity index (χ2n) is 7.97. The summed E-state index contributed by atoms with van der Waals surface area (Å²) < 4.78 is 10.9. The fraction of sp³-hybridized carbons (Fsp3) is 0.684. The summed E-state index contributed by atoms with van der Waals surface area (Å²) in [5.41, 5.74) is -3.61. The van der Waals surface area contributed by atoms with Crippen molar-refractivity contribution in [3.05, 3.63) is 12.2 Å². The molecule has 2 saturated carbocycles. The van der Waals surface area contributed by atoms with Gasteiger partial charge in [-0.3, -0.25) is 19.2 Å². The Morgan fingerprint density at radius 3 is 2.72 bits per heavy atom. The zero-order valence-corrected chi connectivity index (χ0v) is 14.5. The minimum absolute atomic E-state index is 0.0141. The predicted molar refractivity (Wildman–Crippen MR) is 85.2 cm³/mol. The zero-order valence-electron chi connectivity index (χ0n) is 14.5. The summed E-state index contributed by atoms with van der Waals surface area (Å²) in [6, 6.07) is 0. The second-order valence-corrected chi connectivity index (χ2v) is 7.97. The van der Waals surface area contributed by atoms with E-state index in [-0.39, 0.29) is 24.1 Å². The van der Waals surface area contributed by atoms with E-state index in [4.69, 9.17) is 9.47 Å². The van der Waals surface area contributed by atoms with Crippen LogP contribution in [0, 0.1) is 22.7 Å². The number of hydrogen-bond donors (Lipinski definition) is 0. The molecule has 6 nitrogen and oxygen atoms in total. The van der Waals surface area contributed by atoms with E-state index >= 15 is 0 Å². The molecule has 1 saturated heterocycles. The lowest BCUT2D eigenvalue weighted by molar-refractivity contribution is -0.214. The normalized spacial score (nSPS) is 45.3. The van der Waals surface area contributed by atoms with Crippen LogP contribution in [0.5, 0.6) is 0 Å². The average Bonchev–Trinajstić information content (AvgIpc) is 2.57. The maximum Gasteiger partial charge on any atom is 0.310 e. The molecule has 0 aromatic carbocycles. The molecule has 134 valence electrons. The smallest absolute Gasteiger partial charge is 0.310 e. The number of hydrogen-bond acceptors (Lipinski definition) is 6. The molecule has 5 atom stereocenters. The van der Waals surface area contributed by atoms with Gasteiger partial charge in [0.1, 0.15) is 12.4 Å². The summed E-state index contributed by atoms with van der Waals surface area (Å²) in [6.07, 6.45) is 6.50. The number of allylic oxidation sites excluding steroid dienone is 1. The van der Waals surface area contributed by atoms with Crippen LogP contribution in [0.2, 0.25) is 0 Å². The second kappa shape index (κ2) is 5.02. The first-order valence-electron chi connectivity index (χ1n) is 8.92.